The molecule has 0 saturated carbocycles. The summed E-state index contributed by atoms with van der Waals surface area (Å²) in [6.07, 6.45) is 2.12. The van der Waals surface area contributed by atoms with E-state index in [9.17, 15) is 18.0 Å². The van der Waals surface area contributed by atoms with Gasteiger partial charge in [-0.3, -0.25) is 13.9 Å². The smallest absolute Gasteiger partial charge is 0.242 e. The second-order valence-electron chi connectivity index (χ2n) is 8.68. The molecule has 2 aromatic carbocycles. The molecule has 0 radical (unpaired) electrons. The van der Waals surface area contributed by atoms with E-state index in [0.29, 0.717) is 5.02 Å². The predicted octanol–water partition coefficient (Wildman–Crippen LogP) is 5.63. The van der Waals surface area contributed by atoms with Gasteiger partial charge in [0, 0.05) is 35.0 Å². The van der Waals surface area contributed by atoms with Crippen molar-refractivity contribution >= 4 is 66.7 Å². The Morgan fingerprint density at radius 1 is 1.08 bits per heavy atom. The normalized spacial score (nSPS) is 13.1. The molecule has 0 aliphatic heterocycles. The third-order valence-electron chi connectivity index (χ3n) is 5.76. The molecule has 2 aromatic rings. The van der Waals surface area contributed by atoms with E-state index >= 15 is 0 Å². The van der Waals surface area contributed by atoms with Gasteiger partial charge in [0.05, 0.1) is 17.0 Å². The number of sulfonamides is 1. The zero-order valence-electron chi connectivity index (χ0n) is 20.8. The number of rotatable bonds is 12. The summed E-state index contributed by atoms with van der Waals surface area (Å²) in [6.45, 7) is 5.86. The number of carbonyl (C=O) groups excluding carboxylic acids is 2. The molecule has 2 amide bonds. The maximum Gasteiger partial charge on any atom is 0.242 e. The van der Waals surface area contributed by atoms with Crippen LogP contribution in [0, 0.1) is 0 Å². The Bertz CT molecular complexity index is 1160. The molecule has 198 valence electrons. The van der Waals surface area contributed by atoms with Crippen molar-refractivity contribution in [2.45, 2.75) is 58.7 Å². The second kappa shape index (κ2) is 13.7. The molecular weight excluding hydrogens is 589 g/mol. The van der Waals surface area contributed by atoms with E-state index in [2.05, 4.69) is 21.2 Å². The number of nitrogens with one attached hydrogen (secondary N) is 1. The van der Waals surface area contributed by atoms with E-state index in [1.165, 1.54) is 17.0 Å². The van der Waals surface area contributed by atoms with Crippen molar-refractivity contribution in [3.8, 4) is 0 Å². The Kier molecular flexibility index (Phi) is 11.5. The number of hydrogen-bond acceptors (Lipinski definition) is 4. The zero-order chi connectivity index (χ0) is 27.0. The fraction of sp³-hybridized carbons (Fsp3) is 0.440. The van der Waals surface area contributed by atoms with E-state index < -0.39 is 16.1 Å². The monoisotopic (exact) mass is 619 g/mol. The van der Waals surface area contributed by atoms with Crippen LogP contribution >= 0.6 is 39.1 Å². The molecule has 0 unspecified atom stereocenters. The Hall–Kier alpha value is -1.81. The molecule has 11 heteroatoms. The first-order chi connectivity index (χ1) is 16.8. The van der Waals surface area contributed by atoms with Gasteiger partial charge in [-0.1, -0.05) is 58.2 Å². The number of nitrogens with zero attached hydrogens (tertiary/aromatic N) is 2. The van der Waals surface area contributed by atoms with Gasteiger partial charge in [0.2, 0.25) is 21.8 Å². The summed E-state index contributed by atoms with van der Waals surface area (Å²) in [6, 6.07) is 11.4. The minimum atomic E-state index is -3.68. The summed E-state index contributed by atoms with van der Waals surface area (Å²) in [5.74, 6) is -0.492. The topological polar surface area (TPSA) is 86.8 Å². The van der Waals surface area contributed by atoms with Crippen LogP contribution in [0.4, 0.5) is 5.69 Å². The van der Waals surface area contributed by atoms with Crippen LogP contribution in [-0.2, 0) is 26.2 Å². The molecule has 0 aromatic heterocycles. The third-order valence-corrected chi connectivity index (χ3v) is 8.03. The summed E-state index contributed by atoms with van der Waals surface area (Å²) in [4.78, 5) is 27.7. The van der Waals surface area contributed by atoms with E-state index in [1.54, 1.807) is 13.0 Å². The summed E-state index contributed by atoms with van der Waals surface area (Å²) in [5, 5.41) is 3.52. The van der Waals surface area contributed by atoms with Crippen LogP contribution in [0.5, 0.6) is 0 Å². The molecule has 0 bridgehead atoms. The van der Waals surface area contributed by atoms with Crippen molar-refractivity contribution in [2.75, 3.05) is 17.1 Å². The van der Waals surface area contributed by atoms with Gasteiger partial charge >= 0.3 is 0 Å². The lowest BCUT2D eigenvalue weighted by atomic mass is 10.1. The molecular formula is C25H32BrCl2N3O4S. The highest BCUT2D eigenvalue weighted by Crippen LogP contribution is 2.31. The van der Waals surface area contributed by atoms with Crippen molar-refractivity contribution in [3.05, 3.63) is 62.5 Å². The SMILES string of the molecule is CC[C@@H](C)NC(=O)[C@@H](C)N(Cc1ccc(Br)cc1)C(=O)CCCN(c1cc(Cl)ccc1Cl)S(C)(=O)=O. The first-order valence-corrected chi connectivity index (χ1v) is 15.0. The average molecular weight is 621 g/mol. The van der Waals surface area contributed by atoms with Crippen LogP contribution in [0.2, 0.25) is 10.0 Å². The highest BCUT2D eigenvalue weighted by Gasteiger charge is 2.27. The van der Waals surface area contributed by atoms with E-state index in [0.717, 1.165) is 27.0 Å². The minimum Gasteiger partial charge on any atom is -0.352 e. The lowest BCUT2D eigenvalue weighted by molar-refractivity contribution is -0.140. The van der Waals surface area contributed by atoms with Crippen molar-refractivity contribution in [1.29, 1.82) is 0 Å². The molecule has 0 aliphatic rings. The molecule has 0 spiro atoms. The van der Waals surface area contributed by atoms with Crippen LogP contribution in [0.15, 0.2) is 46.9 Å². The Balaban J connectivity index is 2.20. The quantitative estimate of drug-likeness (QED) is 0.333. The van der Waals surface area contributed by atoms with Crippen molar-refractivity contribution < 1.29 is 18.0 Å². The van der Waals surface area contributed by atoms with Gasteiger partial charge in [-0.2, -0.15) is 0 Å². The Labute approximate surface area is 232 Å². The van der Waals surface area contributed by atoms with Crippen LogP contribution in [0.3, 0.4) is 0 Å². The summed E-state index contributed by atoms with van der Waals surface area (Å²) in [5.41, 5.74) is 1.13. The molecule has 0 saturated heterocycles. The third kappa shape index (κ3) is 8.94. The van der Waals surface area contributed by atoms with E-state index in [1.807, 2.05) is 38.1 Å². The van der Waals surface area contributed by atoms with Gasteiger partial charge in [0.25, 0.3) is 0 Å². The van der Waals surface area contributed by atoms with Crippen molar-refractivity contribution in [3.63, 3.8) is 0 Å². The van der Waals surface area contributed by atoms with Gasteiger partial charge in [-0.15, -0.1) is 0 Å². The van der Waals surface area contributed by atoms with Gasteiger partial charge in [0.1, 0.15) is 6.04 Å². The van der Waals surface area contributed by atoms with Gasteiger partial charge in [0.15, 0.2) is 0 Å². The van der Waals surface area contributed by atoms with E-state index in [4.69, 9.17) is 23.2 Å². The zero-order valence-corrected chi connectivity index (χ0v) is 24.7. The molecule has 2 atom stereocenters. The fourth-order valence-electron chi connectivity index (χ4n) is 3.49. The predicted molar refractivity (Wildman–Crippen MR) is 150 cm³/mol. The largest absolute Gasteiger partial charge is 0.352 e. The van der Waals surface area contributed by atoms with Crippen LogP contribution < -0.4 is 9.62 Å². The number of benzene rings is 2. The molecule has 0 heterocycles. The number of halogens is 3. The van der Waals surface area contributed by atoms with Crippen molar-refractivity contribution in [1.82, 2.24) is 10.2 Å². The first-order valence-electron chi connectivity index (χ1n) is 11.6. The number of carbonyl (C=O) groups is 2. The Morgan fingerprint density at radius 2 is 1.72 bits per heavy atom. The standard InChI is InChI=1S/C25H32BrCl2N3O4S/c1-5-17(2)29-25(33)18(3)30(16-19-8-10-20(26)11-9-19)24(32)7-6-14-31(36(4,34)35)23-15-21(27)12-13-22(23)28/h8-13,15,17-18H,5-7,14,16H2,1-4H3,(H,29,33)/t17-,18-/m1/s1. The first kappa shape index (κ1) is 30.4. The lowest BCUT2D eigenvalue weighted by Gasteiger charge is -2.30. The summed E-state index contributed by atoms with van der Waals surface area (Å²) < 4.78 is 27.0. The van der Waals surface area contributed by atoms with Gasteiger partial charge < -0.3 is 10.2 Å². The summed E-state index contributed by atoms with van der Waals surface area (Å²) in [7, 11) is -3.68. The maximum absolute atomic E-state index is 13.3. The fourth-order valence-corrected chi connectivity index (χ4v) is 5.16. The minimum absolute atomic E-state index is 0.0182. The molecule has 36 heavy (non-hydrogen) atoms. The summed E-state index contributed by atoms with van der Waals surface area (Å²) >= 11 is 15.7. The van der Waals surface area contributed by atoms with Crippen LogP contribution in [0.1, 0.15) is 45.6 Å². The van der Waals surface area contributed by atoms with Gasteiger partial charge in [-0.05, 0) is 62.6 Å². The average Bonchev–Trinajstić information content (AvgIpc) is 2.81. The Morgan fingerprint density at radius 3 is 2.31 bits per heavy atom. The lowest BCUT2D eigenvalue weighted by Crippen LogP contribution is -2.49. The molecule has 1 N–H and O–H groups in total. The second-order valence-corrected chi connectivity index (χ2v) is 12.3. The molecule has 0 fully saturated rings. The van der Waals surface area contributed by atoms with Crippen molar-refractivity contribution in [2.24, 2.45) is 0 Å². The number of hydrogen-bond donors (Lipinski definition) is 1. The van der Waals surface area contributed by atoms with Crippen LogP contribution in [-0.4, -0.2) is 50.0 Å². The highest BCUT2D eigenvalue weighted by molar-refractivity contribution is 9.10. The maximum atomic E-state index is 13.3. The van der Waals surface area contributed by atoms with Crippen LogP contribution in [0.25, 0.3) is 0 Å². The number of amides is 2. The molecule has 7 nitrogen and oxygen atoms in total. The molecule has 2 rings (SSSR count). The van der Waals surface area contributed by atoms with E-state index in [-0.39, 0.29) is 54.5 Å². The molecule has 0 aliphatic carbocycles. The number of anilines is 1. The van der Waals surface area contributed by atoms with Gasteiger partial charge in [-0.25, -0.2) is 8.42 Å². The highest BCUT2D eigenvalue weighted by atomic mass is 79.9.